The molecular weight excluding hydrogens is 348 g/mol. The smallest absolute Gasteiger partial charge is 0.128 e. The zero-order chi connectivity index (χ0) is 18.4. The highest BCUT2D eigenvalue weighted by Crippen LogP contribution is 2.32. The number of aliphatic hydroxyl groups excluding tert-OH is 1. The standard InChI is InChI=1S/C20H22N2O3S/c1-24-17-8-4-15(5-9-17)19-14-26-20(21-22(19)12-3-13-23)16-6-10-18(25-2)11-7-16/h4-11,14,23H,3,12-13H2,1-2H3. The van der Waals surface area contributed by atoms with Gasteiger partial charge in [-0.05, 0) is 55.0 Å². The van der Waals surface area contributed by atoms with E-state index in [1.807, 2.05) is 53.5 Å². The van der Waals surface area contributed by atoms with E-state index in [-0.39, 0.29) is 6.61 Å². The third-order valence-corrected chi connectivity index (χ3v) is 4.90. The number of hydrogen-bond donors (Lipinski definition) is 1. The summed E-state index contributed by atoms with van der Waals surface area (Å²) < 4.78 is 10.5. The van der Waals surface area contributed by atoms with Crippen molar-refractivity contribution in [1.29, 1.82) is 0 Å². The lowest BCUT2D eigenvalue weighted by Crippen LogP contribution is -2.22. The second kappa shape index (κ2) is 8.78. The van der Waals surface area contributed by atoms with E-state index >= 15 is 0 Å². The second-order valence-corrected chi connectivity index (χ2v) is 6.54. The first kappa shape index (κ1) is 18.4. The predicted octanol–water partition coefficient (Wildman–Crippen LogP) is 3.80. The second-order valence-electron chi connectivity index (χ2n) is 5.68. The van der Waals surface area contributed by atoms with Gasteiger partial charge in [0.25, 0.3) is 0 Å². The van der Waals surface area contributed by atoms with Crippen LogP contribution in [-0.2, 0) is 0 Å². The van der Waals surface area contributed by atoms with Crippen molar-refractivity contribution < 1.29 is 14.6 Å². The molecule has 0 atom stereocenters. The summed E-state index contributed by atoms with van der Waals surface area (Å²) >= 11 is 1.59. The molecule has 0 aliphatic carbocycles. The predicted molar refractivity (Wildman–Crippen MR) is 107 cm³/mol. The van der Waals surface area contributed by atoms with Gasteiger partial charge >= 0.3 is 0 Å². The minimum Gasteiger partial charge on any atom is -0.497 e. The number of nitrogens with zero attached hydrogens (tertiary/aromatic N) is 2. The molecule has 0 unspecified atom stereocenters. The molecule has 5 nitrogen and oxygen atoms in total. The van der Waals surface area contributed by atoms with Crippen LogP contribution in [0.1, 0.15) is 17.5 Å². The van der Waals surface area contributed by atoms with Crippen molar-refractivity contribution >= 4 is 22.5 Å². The quantitative estimate of drug-likeness (QED) is 0.803. The van der Waals surface area contributed by atoms with Crippen molar-refractivity contribution in [3.8, 4) is 11.5 Å². The summed E-state index contributed by atoms with van der Waals surface area (Å²) in [5.41, 5.74) is 3.12. The molecule has 6 heteroatoms. The number of ether oxygens (including phenoxy) is 2. The number of benzene rings is 2. The van der Waals surface area contributed by atoms with Crippen molar-refractivity contribution in [2.45, 2.75) is 6.42 Å². The first-order valence-electron chi connectivity index (χ1n) is 8.38. The molecule has 26 heavy (non-hydrogen) atoms. The lowest BCUT2D eigenvalue weighted by Gasteiger charge is -2.27. The Labute approximate surface area is 157 Å². The van der Waals surface area contributed by atoms with Crippen LogP contribution in [0.15, 0.2) is 59.0 Å². The largest absolute Gasteiger partial charge is 0.497 e. The maximum Gasteiger partial charge on any atom is 0.128 e. The highest BCUT2D eigenvalue weighted by Gasteiger charge is 2.18. The summed E-state index contributed by atoms with van der Waals surface area (Å²) in [6.07, 6.45) is 0.650. The van der Waals surface area contributed by atoms with Crippen molar-refractivity contribution in [3.63, 3.8) is 0 Å². The van der Waals surface area contributed by atoms with Crippen LogP contribution in [0.2, 0.25) is 0 Å². The van der Waals surface area contributed by atoms with Crippen molar-refractivity contribution in [2.24, 2.45) is 5.10 Å². The van der Waals surface area contributed by atoms with E-state index in [2.05, 4.69) is 5.41 Å². The van der Waals surface area contributed by atoms with Crippen molar-refractivity contribution in [3.05, 3.63) is 65.1 Å². The molecule has 136 valence electrons. The summed E-state index contributed by atoms with van der Waals surface area (Å²) in [6.45, 7) is 0.779. The molecule has 0 amide bonds. The molecule has 0 saturated heterocycles. The Kier molecular flexibility index (Phi) is 6.20. The maximum atomic E-state index is 9.23. The van der Waals surface area contributed by atoms with Gasteiger partial charge in [-0.3, -0.25) is 5.01 Å². The van der Waals surface area contributed by atoms with E-state index < -0.39 is 0 Å². The van der Waals surface area contributed by atoms with Crippen LogP contribution < -0.4 is 9.47 Å². The zero-order valence-electron chi connectivity index (χ0n) is 14.9. The van der Waals surface area contributed by atoms with Gasteiger partial charge in [0, 0.05) is 29.7 Å². The first-order valence-corrected chi connectivity index (χ1v) is 9.26. The van der Waals surface area contributed by atoms with Crippen LogP contribution >= 0.6 is 11.8 Å². The molecule has 2 aromatic carbocycles. The number of aliphatic hydroxyl groups is 1. The van der Waals surface area contributed by atoms with Gasteiger partial charge in [0.2, 0.25) is 0 Å². The Morgan fingerprint density at radius 1 is 0.923 bits per heavy atom. The van der Waals surface area contributed by atoms with E-state index in [0.717, 1.165) is 33.4 Å². The van der Waals surface area contributed by atoms with Crippen LogP contribution in [0, 0.1) is 0 Å². The molecule has 0 fully saturated rings. The van der Waals surface area contributed by atoms with Gasteiger partial charge in [-0.1, -0.05) is 11.8 Å². The SMILES string of the molecule is COc1ccc(C2=CSC(c3ccc(OC)cc3)=NN2CCCO)cc1. The highest BCUT2D eigenvalue weighted by molar-refractivity contribution is 8.17. The topological polar surface area (TPSA) is 54.3 Å². The Morgan fingerprint density at radius 3 is 2.04 bits per heavy atom. The third kappa shape index (κ3) is 4.20. The van der Waals surface area contributed by atoms with Crippen LogP contribution in [-0.4, -0.2) is 42.5 Å². The van der Waals surface area contributed by atoms with Gasteiger partial charge < -0.3 is 14.6 Å². The van der Waals surface area contributed by atoms with Gasteiger partial charge in [-0.15, -0.1) is 0 Å². The van der Waals surface area contributed by atoms with E-state index in [1.165, 1.54) is 0 Å². The Hall–Kier alpha value is -2.44. The summed E-state index contributed by atoms with van der Waals surface area (Å²) in [4.78, 5) is 0. The minimum absolute atomic E-state index is 0.132. The van der Waals surface area contributed by atoms with E-state index in [9.17, 15) is 5.11 Å². The lowest BCUT2D eigenvalue weighted by molar-refractivity contribution is 0.265. The van der Waals surface area contributed by atoms with E-state index in [4.69, 9.17) is 14.6 Å². The van der Waals surface area contributed by atoms with Crippen LogP contribution in [0.4, 0.5) is 0 Å². The molecular formula is C20H22N2O3S. The molecule has 1 heterocycles. The van der Waals surface area contributed by atoms with E-state index in [1.54, 1.807) is 26.0 Å². The Balaban J connectivity index is 1.86. The Morgan fingerprint density at radius 2 is 1.50 bits per heavy atom. The molecule has 0 radical (unpaired) electrons. The average molecular weight is 370 g/mol. The molecule has 0 spiro atoms. The van der Waals surface area contributed by atoms with Crippen molar-refractivity contribution in [2.75, 3.05) is 27.4 Å². The molecule has 3 rings (SSSR count). The molecule has 0 bridgehead atoms. The maximum absolute atomic E-state index is 9.23. The van der Waals surface area contributed by atoms with Gasteiger partial charge in [0.1, 0.15) is 16.5 Å². The highest BCUT2D eigenvalue weighted by atomic mass is 32.2. The molecule has 0 aromatic heterocycles. The zero-order valence-corrected chi connectivity index (χ0v) is 15.7. The summed E-state index contributed by atoms with van der Waals surface area (Å²) in [6, 6.07) is 15.8. The minimum atomic E-state index is 0.132. The monoisotopic (exact) mass is 370 g/mol. The molecule has 2 aromatic rings. The number of methoxy groups -OCH3 is 2. The normalized spacial score (nSPS) is 13.9. The Bertz CT molecular complexity index is 786. The number of hydrazone groups is 1. The summed E-state index contributed by atoms with van der Waals surface area (Å²) in [5, 5.41) is 19.0. The number of thioether (sulfide) groups is 1. The van der Waals surface area contributed by atoms with Crippen LogP contribution in [0.3, 0.4) is 0 Å². The lowest BCUT2D eigenvalue weighted by atomic mass is 10.1. The van der Waals surface area contributed by atoms with Crippen LogP contribution in [0.5, 0.6) is 11.5 Å². The third-order valence-electron chi connectivity index (χ3n) is 4.02. The first-order chi connectivity index (χ1) is 12.7. The van der Waals surface area contributed by atoms with Gasteiger partial charge in [-0.2, -0.15) is 5.10 Å². The fourth-order valence-electron chi connectivity index (χ4n) is 2.59. The van der Waals surface area contributed by atoms with Gasteiger partial charge in [0.05, 0.1) is 19.9 Å². The molecule has 1 aliphatic heterocycles. The van der Waals surface area contributed by atoms with Crippen molar-refractivity contribution in [1.82, 2.24) is 5.01 Å². The molecule has 1 aliphatic rings. The van der Waals surface area contributed by atoms with E-state index in [0.29, 0.717) is 13.0 Å². The summed E-state index contributed by atoms with van der Waals surface area (Å²) in [7, 11) is 3.31. The van der Waals surface area contributed by atoms with Gasteiger partial charge in [0.15, 0.2) is 0 Å². The van der Waals surface area contributed by atoms with Gasteiger partial charge in [-0.25, -0.2) is 0 Å². The fraction of sp³-hybridized carbons (Fsp3) is 0.250. The average Bonchev–Trinajstić information content (AvgIpc) is 2.72. The number of hydrogen-bond acceptors (Lipinski definition) is 6. The fourth-order valence-corrected chi connectivity index (χ4v) is 3.49. The number of rotatable bonds is 7. The molecule has 1 N–H and O–H groups in total. The molecule has 0 saturated carbocycles. The summed E-state index contributed by atoms with van der Waals surface area (Å²) in [5.74, 6) is 1.64. The van der Waals surface area contributed by atoms with Crippen LogP contribution in [0.25, 0.3) is 5.70 Å².